The van der Waals surface area contributed by atoms with Gasteiger partial charge in [0.2, 0.25) is 11.8 Å². The molecule has 1 amide bonds. The molecule has 0 fully saturated rings. The number of nitro groups is 1. The molecule has 1 N–H and O–H groups in total. The highest BCUT2D eigenvalue weighted by Crippen LogP contribution is 2.40. The molecule has 3 aromatic carbocycles. The molecular weight excluding hydrogens is 452 g/mol. The zero-order valence-corrected chi connectivity index (χ0v) is 18.6. The smallest absolute Gasteiger partial charge is 0.269 e. The zero-order valence-electron chi connectivity index (χ0n) is 17.8. The van der Waals surface area contributed by atoms with Crippen LogP contribution in [0.15, 0.2) is 83.9 Å². The molecule has 5 rings (SSSR count). The number of nitrogens with zero attached hydrogens (tertiary/aromatic N) is 3. The molecule has 4 aromatic rings. The Morgan fingerprint density at radius 1 is 1.00 bits per heavy atom. The summed E-state index contributed by atoms with van der Waals surface area (Å²) in [6, 6.07) is 23.1. The van der Waals surface area contributed by atoms with Crippen molar-refractivity contribution in [1.82, 2.24) is 9.97 Å². The number of non-ortho nitro benzene ring substituents is 1. The quantitative estimate of drug-likeness (QED) is 0.152. The number of aromatic nitrogens is 2. The predicted molar refractivity (Wildman–Crippen MR) is 129 cm³/mol. The van der Waals surface area contributed by atoms with Crippen LogP contribution in [0.2, 0.25) is 0 Å². The number of fused-ring (bicyclic) bond motifs is 2. The first-order chi connectivity index (χ1) is 16.6. The first-order valence-corrected chi connectivity index (χ1v) is 11.4. The van der Waals surface area contributed by atoms with Crippen molar-refractivity contribution in [3.05, 3.63) is 100 Å². The van der Waals surface area contributed by atoms with Gasteiger partial charge in [-0.2, -0.15) is 4.98 Å². The van der Waals surface area contributed by atoms with Gasteiger partial charge in [0.1, 0.15) is 10.8 Å². The lowest BCUT2D eigenvalue weighted by Crippen LogP contribution is -2.15. The number of nitrogens with one attached hydrogen (secondary N) is 1. The van der Waals surface area contributed by atoms with Gasteiger partial charge in [0.05, 0.1) is 16.2 Å². The fourth-order valence-corrected chi connectivity index (χ4v) is 4.38. The number of carbonyl (C=O) groups excluding carboxylic acids is 1. The first kappa shape index (κ1) is 21.6. The molecule has 34 heavy (non-hydrogen) atoms. The number of hydrogen-bond donors (Lipinski definition) is 1. The standard InChI is InChI=1S/C25H18N4O4S/c30-22(26-18-10-12-19(13-11-18)29(31)32)15-34-25-20-14-17-8-4-5-9-21(17)33-24(20)27-23(28-25)16-6-2-1-3-7-16/h1-13H,14-15H2,(H,26,30). The molecule has 2 heterocycles. The Morgan fingerprint density at radius 2 is 1.74 bits per heavy atom. The van der Waals surface area contributed by atoms with Crippen molar-refractivity contribution >= 4 is 29.0 Å². The van der Waals surface area contributed by atoms with Crippen molar-refractivity contribution in [1.29, 1.82) is 0 Å². The lowest BCUT2D eigenvalue weighted by atomic mass is 10.0. The molecule has 0 radical (unpaired) electrons. The Balaban J connectivity index is 1.39. The van der Waals surface area contributed by atoms with Crippen molar-refractivity contribution in [3.8, 4) is 23.0 Å². The van der Waals surface area contributed by atoms with E-state index in [-0.39, 0.29) is 17.3 Å². The van der Waals surface area contributed by atoms with Crippen molar-refractivity contribution in [2.45, 2.75) is 11.4 Å². The minimum atomic E-state index is -0.482. The van der Waals surface area contributed by atoms with E-state index in [9.17, 15) is 14.9 Å². The Morgan fingerprint density at radius 3 is 2.50 bits per heavy atom. The van der Waals surface area contributed by atoms with E-state index in [2.05, 4.69) is 10.3 Å². The summed E-state index contributed by atoms with van der Waals surface area (Å²) < 4.78 is 6.09. The minimum absolute atomic E-state index is 0.0336. The average molecular weight is 471 g/mol. The molecular formula is C25H18N4O4S. The summed E-state index contributed by atoms with van der Waals surface area (Å²) in [6.45, 7) is 0. The molecule has 0 spiro atoms. The van der Waals surface area contributed by atoms with Gasteiger partial charge in [-0.3, -0.25) is 14.9 Å². The second-order valence-electron chi connectivity index (χ2n) is 7.53. The van der Waals surface area contributed by atoms with Crippen LogP contribution in [0.25, 0.3) is 11.4 Å². The molecule has 0 bridgehead atoms. The molecule has 168 valence electrons. The Labute approximate surface area is 199 Å². The van der Waals surface area contributed by atoms with Gasteiger partial charge in [-0.1, -0.05) is 60.3 Å². The van der Waals surface area contributed by atoms with Gasteiger partial charge >= 0.3 is 0 Å². The van der Waals surface area contributed by atoms with Crippen LogP contribution in [0.3, 0.4) is 0 Å². The van der Waals surface area contributed by atoms with Gasteiger partial charge in [0.15, 0.2) is 5.82 Å². The molecule has 1 aliphatic heterocycles. The van der Waals surface area contributed by atoms with Gasteiger partial charge in [0.25, 0.3) is 5.69 Å². The molecule has 9 heteroatoms. The van der Waals surface area contributed by atoms with Crippen molar-refractivity contribution < 1.29 is 14.5 Å². The van der Waals surface area contributed by atoms with Crippen LogP contribution >= 0.6 is 11.8 Å². The molecule has 0 saturated heterocycles. The second-order valence-corrected chi connectivity index (χ2v) is 8.49. The third-order valence-corrected chi connectivity index (χ3v) is 6.23. The summed E-state index contributed by atoms with van der Waals surface area (Å²) in [7, 11) is 0. The number of amides is 1. The van der Waals surface area contributed by atoms with Gasteiger partial charge in [-0.15, -0.1) is 0 Å². The third kappa shape index (κ3) is 4.60. The highest BCUT2D eigenvalue weighted by molar-refractivity contribution is 8.00. The molecule has 0 unspecified atom stereocenters. The Kier molecular flexibility index (Phi) is 5.92. The van der Waals surface area contributed by atoms with Crippen LogP contribution in [-0.4, -0.2) is 26.6 Å². The summed E-state index contributed by atoms with van der Waals surface area (Å²) in [5.41, 5.74) is 3.18. The van der Waals surface area contributed by atoms with E-state index >= 15 is 0 Å². The molecule has 8 nitrogen and oxygen atoms in total. The maximum atomic E-state index is 12.6. The fraction of sp³-hybridized carbons (Fsp3) is 0.0800. The summed E-state index contributed by atoms with van der Waals surface area (Å²) in [6.07, 6.45) is 0.604. The van der Waals surface area contributed by atoms with E-state index in [0.717, 1.165) is 22.4 Å². The SMILES string of the molecule is O=C(CSc1nc(-c2ccccc2)nc2c1Cc1ccccc1O2)Nc1ccc([N+](=O)[O-])cc1. The lowest BCUT2D eigenvalue weighted by Gasteiger charge is -2.21. The van der Waals surface area contributed by atoms with Crippen LogP contribution < -0.4 is 10.1 Å². The summed E-state index contributed by atoms with van der Waals surface area (Å²) >= 11 is 1.30. The van der Waals surface area contributed by atoms with E-state index in [1.807, 2.05) is 54.6 Å². The van der Waals surface area contributed by atoms with Crippen molar-refractivity contribution in [2.75, 3.05) is 11.1 Å². The van der Waals surface area contributed by atoms with Crippen LogP contribution in [0.5, 0.6) is 11.6 Å². The van der Waals surface area contributed by atoms with Gasteiger partial charge in [-0.25, -0.2) is 4.98 Å². The van der Waals surface area contributed by atoms with E-state index in [0.29, 0.717) is 28.8 Å². The number of rotatable bonds is 6. The maximum absolute atomic E-state index is 12.6. The van der Waals surface area contributed by atoms with Crippen LogP contribution in [0.1, 0.15) is 11.1 Å². The van der Waals surface area contributed by atoms with Crippen LogP contribution in [-0.2, 0) is 11.2 Å². The van der Waals surface area contributed by atoms with Crippen molar-refractivity contribution in [3.63, 3.8) is 0 Å². The van der Waals surface area contributed by atoms with E-state index < -0.39 is 4.92 Å². The molecule has 0 aliphatic carbocycles. The maximum Gasteiger partial charge on any atom is 0.269 e. The topological polar surface area (TPSA) is 107 Å². The summed E-state index contributed by atoms with van der Waals surface area (Å²) in [5.74, 6) is 1.64. The minimum Gasteiger partial charge on any atom is -0.438 e. The fourth-order valence-electron chi connectivity index (χ4n) is 3.56. The van der Waals surface area contributed by atoms with Crippen molar-refractivity contribution in [2.24, 2.45) is 0 Å². The molecule has 0 atom stereocenters. The average Bonchev–Trinajstić information content (AvgIpc) is 2.86. The summed E-state index contributed by atoms with van der Waals surface area (Å²) in [4.78, 5) is 32.3. The van der Waals surface area contributed by atoms with Gasteiger partial charge < -0.3 is 10.1 Å². The normalized spacial score (nSPS) is 11.6. The first-order valence-electron chi connectivity index (χ1n) is 10.5. The lowest BCUT2D eigenvalue weighted by molar-refractivity contribution is -0.384. The van der Waals surface area contributed by atoms with E-state index in [1.165, 1.54) is 36.0 Å². The Bertz CT molecular complexity index is 1380. The zero-order chi connectivity index (χ0) is 23.5. The highest BCUT2D eigenvalue weighted by atomic mass is 32.2. The number of ether oxygens (including phenoxy) is 1. The number of nitro benzene ring substituents is 1. The van der Waals surface area contributed by atoms with E-state index in [4.69, 9.17) is 9.72 Å². The van der Waals surface area contributed by atoms with Crippen LogP contribution in [0, 0.1) is 10.1 Å². The second kappa shape index (κ2) is 9.32. The highest BCUT2D eigenvalue weighted by Gasteiger charge is 2.24. The van der Waals surface area contributed by atoms with Gasteiger partial charge in [0, 0.05) is 29.8 Å². The number of benzene rings is 3. The number of para-hydroxylation sites is 1. The number of hydrogen-bond acceptors (Lipinski definition) is 7. The van der Waals surface area contributed by atoms with Crippen LogP contribution in [0.4, 0.5) is 11.4 Å². The third-order valence-electron chi connectivity index (χ3n) is 5.21. The Hall–Kier alpha value is -4.24. The predicted octanol–water partition coefficient (Wildman–Crippen LogP) is 5.48. The number of anilines is 1. The largest absolute Gasteiger partial charge is 0.438 e. The number of carbonyl (C=O) groups is 1. The summed E-state index contributed by atoms with van der Waals surface area (Å²) in [5, 5.41) is 14.3. The molecule has 1 aliphatic rings. The van der Waals surface area contributed by atoms with E-state index in [1.54, 1.807) is 0 Å². The molecule has 1 aromatic heterocycles. The number of thioether (sulfide) groups is 1. The van der Waals surface area contributed by atoms with Gasteiger partial charge in [-0.05, 0) is 23.8 Å². The monoisotopic (exact) mass is 470 g/mol. The molecule has 0 saturated carbocycles.